The molecule has 3 heteroatoms. The first-order valence-corrected chi connectivity index (χ1v) is 3.41. The Labute approximate surface area is 70.3 Å². The lowest BCUT2D eigenvalue weighted by Crippen LogP contribution is -1.79. The van der Waals surface area contributed by atoms with Crippen LogP contribution in [0, 0.1) is 0 Å². The lowest BCUT2D eigenvalue weighted by molar-refractivity contribution is 1.27. The maximum absolute atomic E-state index is 5.62. The quantitative estimate of drug-likeness (QED) is 0.490. The van der Waals surface area contributed by atoms with Gasteiger partial charge < -0.3 is 0 Å². The maximum atomic E-state index is 5.62. The zero-order valence-electron chi connectivity index (χ0n) is 5.92. The molecule has 1 heterocycles. The molecule has 56 valence electrons. The molecule has 0 aromatic carbocycles. The lowest BCUT2D eigenvalue weighted by Gasteiger charge is -1.97. The van der Waals surface area contributed by atoms with Gasteiger partial charge in [-0.2, -0.15) is 0 Å². The normalized spacial score (nSPS) is 9.18. The van der Waals surface area contributed by atoms with Gasteiger partial charge in [-0.3, -0.25) is 0 Å². The minimum atomic E-state index is 0.415. The maximum Gasteiger partial charge on any atom is 0.160 e. The van der Waals surface area contributed by atoms with Crippen LogP contribution in [-0.2, 0) is 0 Å². The van der Waals surface area contributed by atoms with Crippen LogP contribution in [0.4, 0.5) is 5.82 Å². The Bertz CT molecular complexity index is 294. The molecule has 0 amide bonds. The van der Waals surface area contributed by atoms with Crippen molar-refractivity contribution in [3.8, 4) is 0 Å². The number of pyridine rings is 1. The van der Waals surface area contributed by atoms with Gasteiger partial charge in [0.1, 0.15) is 5.15 Å². The SMILES string of the molecule is C=Cc1ccc(Cl)nc1N=C. The fourth-order valence-electron chi connectivity index (χ4n) is 0.722. The number of aliphatic imine (C=N–C) groups is 1. The molecule has 1 aromatic rings. The average molecular weight is 167 g/mol. The van der Waals surface area contributed by atoms with E-state index in [1.54, 1.807) is 18.2 Å². The summed E-state index contributed by atoms with van der Waals surface area (Å²) in [4.78, 5) is 7.61. The van der Waals surface area contributed by atoms with Gasteiger partial charge >= 0.3 is 0 Å². The second kappa shape index (κ2) is 3.30. The van der Waals surface area contributed by atoms with Crippen molar-refractivity contribution in [2.24, 2.45) is 4.99 Å². The molecular formula is C8H7ClN2. The molecule has 0 aliphatic rings. The summed E-state index contributed by atoms with van der Waals surface area (Å²) < 4.78 is 0. The molecule has 0 unspecified atom stereocenters. The van der Waals surface area contributed by atoms with E-state index in [1.165, 1.54) is 0 Å². The zero-order valence-corrected chi connectivity index (χ0v) is 6.67. The highest BCUT2D eigenvalue weighted by molar-refractivity contribution is 6.29. The first-order valence-electron chi connectivity index (χ1n) is 3.03. The van der Waals surface area contributed by atoms with E-state index < -0.39 is 0 Å². The van der Waals surface area contributed by atoms with Crippen LogP contribution in [0.1, 0.15) is 5.56 Å². The summed E-state index contributed by atoms with van der Waals surface area (Å²) in [6.07, 6.45) is 1.66. The van der Waals surface area contributed by atoms with Crippen molar-refractivity contribution in [3.05, 3.63) is 29.4 Å². The molecule has 0 aliphatic heterocycles. The van der Waals surface area contributed by atoms with Crippen LogP contribution in [0.15, 0.2) is 23.7 Å². The van der Waals surface area contributed by atoms with Gasteiger partial charge in [-0.1, -0.05) is 24.3 Å². The van der Waals surface area contributed by atoms with Crippen molar-refractivity contribution in [3.63, 3.8) is 0 Å². The Morgan fingerprint density at radius 1 is 1.55 bits per heavy atom. The molecule has 1 aromatic heterocycles. The Morgan fingerprint density at radius 3 is 2.82 bits per heavy atom. The van der Waals surface area contributed by atoms with Crippen LogP contribution in [0.3, 0.4) is 0 Å². The van der Waals surface area contributed by atoms with Crippen LogP contribution in [0.25, 0.3) is 6.08 Å². The van der Waals surface area contributed by atoms with Crippen LogP contribution in [-0.4, -0.2) is 11.7 Å². The summed E-state index contributed by atoms with van der Waals surface area (Å²) in [5.41, 5.74) is 0.837. The minimum Gasteiger partial charge on any atom is -0.245 e. The predicted molar refractivity (Wildman–Crippen MR) is 48.5 cm³/mol. The fourth-order valence-corrected chi connectivity index (χ4v) is 0.865. The highest BCUT2D eigenvalue weighted by atomic mass is 35.5. The van der Waals surface area contributed by atoms with Crippen molar-refractivity contribution in [1.82, 2.24) is 4.98 Å². The third kappa shape index (κ3) is 1.65. The van der Waals surface area contributed by atoms with Gasteiger partial charge in [0.25, 0.3) is 0 Å². The summed E-state index contributed by atoms with van der Waals surface area (Å²) in [5, 5.41) is 0.415. The van der Waals surface area contributed by atoms with Crippen molar-refractivity contribution in [2.75, 3.05) is 0 Å². The average Bonchev–Trinajstić information content (AvgIpc) is 2.04. The van der Waals surface area contributed by atoms with Gasteiger partial charge in [0.05, 0.1) is 0 Å². The molecule has 0 bridgehead atoms. The molecule has 0 radical (unpaired) electrons. The van der Waals surface area contributed by atoms with E-state index in [4.69, 9.17) is 11.6 Å². The molecule has 0 saturated carbocycles. The van der Waals surface area contributed by atoms with Crippen molar-refractivity contribution < 1.29 is 0 Å². The van der Waals surface area contributed by atoms with Gasteiger partial charge in [0.15, 0.2) is 5.82 Å². The second-order valence-electron chi connectivity index (χ2n) is 1.91. The largest absolute Gasteiger partial charge is 0.245 e. The molecule has 0 aliphatic carbocycles. The van der Waals surface area contributed by atoms with E-state index in [1.807, 2.05) is 0 Å². The van der Waals surface area contributed by atoms with E-state index in [0.29, 0.717) is 11.0 Å². The molecule has 2 nitrogen and oxygen atoms in total. The van der Waals surface area contributed by atoms with Gasteiger partial charge in [-0.05, 0) is 18.9 Å². The molecule has 0 saturated heterocycles. The second-order valence-corrected chi connectivity index (χ2v) is 2.30. The smallest absolute Gasteiger partial charge is 0.160 e. The monoisotopic (exact) mass is 166 g/mol. The molecule has 11 heavy (non-hydrogen) atoms. The Hall–Kier alpha value is -1.15. The van der Waals surface area contributed by atoms with Crippen LogP contribution in [0.2, 0.25) is 5.15 Å². The Morgan fingerprint density at radius 2 is 2.27 bits per heavy atom. The topological polar surface area (TPSA) is 25.2 Å². The van der Waals surface area contributed by atoms with Crippen LogP contribution in [0.5, 0.6) is 0 Å². The predicted octanol–water partition coefficient (Wildman–Crippen LogP) is 2.71. The van der Waals surface area contributed by atoms with E-state index in [9.17, 15) is 0 Å². The summed E-state index contributed by atoms with van der Waals surface area (Å²) in [6, 6.07) is 3.49. The number of hydrogen-bond donors (Lipinski definition) is 0. The lowest BCUT2D eigenvalue weighted by atomic mass is 10.2. The number of hydrogen-bond acceptors (Lipinski definition) is 2. The zero-order chi connectivity index (χ0) is 8.27. The molecular weight excluding hydrogens is 160 g/mol. The third-order valence-corrected chi connectivity index (χ3v) is 1.45. The summed E-state index contributed by atoms with van der Waals surface area (Å²) in [6.45, 7) is 6.96. The molecule has 1 rings (SSSR count). The molecule has 0 atom stereocenters. The first kappa shape index (κ1) is 7.95. The van der Waals surface area contributed by atoms with Gasteiger partial charge in [0.2, 0.25) is 0 Å². The number of halogens is 1. The van der Waals surface area contributed by atoms with Gasteiger partial charge in [-0.15, -0.1) is 0 Å². The van der Waals surface area contributed by atoms with E-state index in [0.717, 1.165) is 5.56 Å². The summed E-state index contributed by atoms with van der Waals surface area (Å²) in [5.74, 6) is 0.521. The summed E-state index contributed by atoms with van der Waals surface area (Å²) in [7, 11) is 0. The first-order chi connectivity index (χ1) is 5.27. The number of nitrogens with zero attached hydrogens (tertiary/aromatic N) is 2. The minimum absolute atomic E-state index is 0.415. The Balaban J connectivity index is 3.26. The summed E-state index contributed by atoms with van der Waals surface area (Å²) >= 11 is 5.62. The number of rotatable bonds is 2. The standard InChI is InChI=1S/C8H7ClN2/c1-3-6-4-5-7(9)11-8(6)10-2/h3-5H,1-2H2. The van der Waals surface area contributed by atoms with Gasteiger partial charge in [-0.25, -0.2) is 9.98 Å². The van der Waals surface area contributed by atoms with Gasteiger partial charge in [0, 0.05) is 5.56 Å². The van der Waals surface area contributed by atoms with Crippen molar-refractivity contribution in [2.45, 2.75) is 0 Å². The molecule has 0 N–H and O–H groups in total. The van der Waals surface area contributed by atoms with Crippen molar-refractivity contribution >= 4 is 30.2 Å². The highest BCUT2D eigenvalue weighted by Gasteiger charge is 1.97. The number of aromatic nitrogens is 1. The highest BCUT2D eigenvalue weighted by Crippen LogP contribution is 2.19. The van der Waals surface area contributed by atoms with E-state index in [2.05, 4.69) is 23.3 Å². The molecule has 0 fully saturated rings. The van der Waals surface area contributed by atoms with Crippen LogP contribution >= 0.6 is 11.6 Å². The van der Waals surface area contributed by atoms with Crippen LogP contribution < -0.4 is 0 Å². The molecule has 0 spiro atoms. The van der Waals surface area contributed by atoms with E-state index >= 15 is 0 Å². The Kier molecular flexibility index (Phi) is 2.39. The fraction of sp³-hybridized carbons (Fsp3) is 0. The van der Waals surface area contributed by atoms with Crippen molar-refractivity contribution in [1.29, 1.82) is 0 Å². The third-order valence-electron chi connectivity index (χ3n) is 1.24. The van der Waals surface area contributed by atoms with E-state index in [-0.39, 0.29) is 0 Å².